The van der Waals surface area contributed by atoms with Crippen LogP contribution < -0.4 is 9.47 Å². The zero-order chi connectivity index (χ0) is 11.7. The number of hydrogen-bond donors (Lipinski definition) is 1. The molecule has 2 heterocycles. The van der Waals surface area contributed by atoms with E-state index in [0.717, 1.165) is 44.0 Å². The SMILES string of the molecule is OCCN1CCc2cc3c(cc2CC1)OCO3. The monoisotopic (exact) mass is 235 g/mol. The first-order valence-electron chi connectivity index (χ1n) is 6.11. The lowest BCUT2D eigenvalue weighted by atomic mass is 10.0. The van der Waals surface area contributed by atoms with Gasteiger partial charge in [-0.1, -0.05) is 0 Å². The Morgan fingerprint density at radius 3 is 2.18 bits per heavy atom. The van der Waals surface area contributed by atoms with Gasteiger partial charge in [-0.05, 0) is 36.1 Å². The lowest BCUT2D eigenvalue weighted by Gasteiger charge is -2.17. The summed E-state index contributed by atoms with van der Waals surface area (Å²) in [7, 11) is 0. The molecule has 4 heteroatoms. The van der Waals surface area contributed by atoms with Crippen molar-refractivity contribution in [1.29, 1.82) is 0 Å². The third-order valence-electron chi connectivity index (χ3n) is 3.51. The highest BCUT2D eigenvalue weighted by atomic mass is 16.7. The van der Waals surface area contributed by atoms with Crippen LogP contribution in [0.15, 0.2) is 12.1 Å². The summed E-state index contributed by atoms with van der Waals surface area (Å²) in [4.78, 5) is 2.30. The maximum absolute atomic E-state index is 8.98. The van der Waals surface area contributed by atoms with E-state index in [1.807, 2.05) is 0 Å². The van der Waals surface area contributed by atoms with Gasteiger partial charge in [0, 0.05) is 19.6 Å². The molecule has 92 valence electrons. The first-order chi connectivity index (χ1) is 8.36. The zero-order valence-corrected chi connectivity index (χ0v) is 9.82. The summed E-state index contributed by atoms with van der Waals surface area (Å²) in [6.07, 6.45) is 2.04. The van der Waals surface area contributed by atoms with E-state index < -0.39 is 0 Å². The van der Waals surface area contributed by atoms with Crippen LogP contribution in [0.2, 0.25) is 0 Å². The van der Waals surface area contributed by atoms with E-state index in [4.69, 9.17) is 14.6 Å². The van der Waals surface area contributed by atoms with Crippen LogP contribution in [0.25, 0.3) is 0 Å². The van der Waals surface area contributed by atoms with Crippen molar-refractivity contribution in [3.05, 3.63) is 23.3 Å². The fourth-order valence-corrected chi connectivity index (χ4v) is 2.53. The minimum absolute atomic E-state index is 0.235. The number of rotatable bonds is 2. The van der Waals surface area contributed by atoms with Crippen LogP contribution in [0.5, 0.6) is 11.5 Å². The average molecular weight is 235 g/mol. The molecule has 1 aromatic carbocycles. The van der Waals surface area contributed by atoms with Gasteiger partial charge in [-0.25, -0.2) is 0 Å². The normalized spacial score (nSPS) is 18.9. The van der Waals surface area contributed by atoms with E-state index in [9.17, 15) is 0 Å². The maximum atomic E-state index is 8.98. The van der Waals surface area contributed by atoms with E-state index in [1.54, 1.807) is 0 Å². The van der Waals surface area contributed by atoms with E-state index in [1.165, 1.54) is 11.1 Å². The summed E-state index contributed by atoms with van der Waals surface area (Å²) >= 11 is 0. The topological polar surface area (TPSA) is 41.9 Å². The van der Waals surface area contributed by atoms with Gasteiger partial charge in [0.1, 0.15) is 0 Å². The molecule has 0 saturated heterocycles. The number of nitrogens with zero attached hydrogens (tertiary/aromatic N) is 1. The summed E-state index contributed by atoms with van der Waals surface area (Å²) in [5, 5.41) is 8.98. The van der Waals surface area contributed by atoms with Crippen LogP contribution >= 0.6 is 0 Å². The molecule has 3 rings (SSSR count). The number of aliphatic hydroxyl groups excluding tert-OH is 1. The second-order valence-electron chi connectivity index (χ2n) is 4.54. The Morgan fingerprint density at radius 2 is 1.65 bits per heavy atom. The quantitative estimate of drug-likeness (QED) is 0.823. The smallest absolute Gasteiger partial charge is 0.231 e. The van der Waals surface area contributed by atoms with Crippen LogP contribution in [0.3, 0.4) is 0 Å². The molecule has 0 amide bonds. The van der Waals surface area contributed by atoms with Crippen molar-refractivity contribution in [2.24, 2.45) is 0 Å². The molecule has 0 unspecified atom stereocenters. The molecule has 0 fully saturated rings. The molecule has 2 aliphatic heterocycles. The van der Waals surface area contributed by atoms with Crippen LogP contribution in [-0.2, 0) is 12.8 Å². The summed E-state index contributed by atoms with van der Waals surface area (Å²) in [5.74, 6) is 1.75. The summed E-state index contributed by atoms with van der Waals surface area (Å²) in [6.45, 7) is 3.36. The average Bonchev–Trinajstić information content (AvgIpc) is 2.70. The van der Waals surface area contributed by atoms with Gasteiger partial charge >= 0.3 is 0 Å². The van der Waals surface area contributed by atoms with Crippen LogP contribution in [0.1, 0.15) is 11.1 Å². The fourth-order valence-electron chi connectivity index (χ4n) is 2.53. The van der Waals surface area contributed by atoms with Crippen LogP contribution in [0.4, 0.5) is 0 Å². The van der Waals surface area contributed by atoms with Crippen molar-refractivity contribution in [1.82, 2.24) is 4.90 Å². The lowest BCUT2D eigenvalue weighted by Crippen LogP contribution is -2.29. The Kier molecular flexibility index (Phi) is 2.91. The molecule has 0 saturated carbocycles. The molecule has 1 N–H and O–H groups in total. The van der Waals surface area contributed by atoms with Crippen molar-refractivity contribution in [2.75, 3.05) is 33.0 Å². The van der Waals surface area contributed by atoms with Gasteiger partial charge in [-0.2, -0.15) is 0 Å². The Morgan fingerprint density at radius 1 is 1.06 bits per heavy atom. The Labute approximate surface area is 101 Å². The summed E-state index contributed by atoms with van der Waals surface area (Å²) in [5.41, 5.74) is 2.71. The molecule has 4 nitrogen and oxygen atoms in total. The maximum Gasteiger partial charge on any atom is 0.231 e. The molecule has 0 atom stereocenters. The molecular formula is C13H17NO3. The van der Waals surface area contributed by atoms with E-state index in [0.29, 0.717) is 6.79 Å². The van der Waals surface area contributed by atoms with E-state index >= 15 is 0 Å². The third-order valence-corrected chi connectivity index (χ3v) is 3.51. The number of β-amino-alcohol motifs (C(OH)–C–C–N with tert-alkyl or cyclic N) is 1. The number of ether oxygens (including phenoxy) is 2. The lowest BCUT2D eigenvalue weighted by molar-refractivity contribution is 0.173. The fraction of sp³-hybridized carbons (Fsp3) is 0.538. The Hall–Kier alpha value is -1.26. The van der Waals surface area contributed by atoms with Gasteiger partial charge in [0.15, 0.2) is 11.5 Å². The second kappa shape index (κ2) is 4.55. The summed E-state index contributed by atoms with van der Waals surface area (Å²) < 4.78 is 10.8. The molecule has 0 bridgehead atoms. The van der Waals surface area contributed by atoms with Crippen molar-refractivity contribution >= 4 is 0 Å². The number of fused-ring (bicyclic) bond motifs is 2. The molecular weight excluding hydrogens is 218 g/mol. The van der Waals surface area contributed by atoms with Crippen molar-refractivity contribution in [3.8, 4) is 11.5 Å². The molecule has 0 radical (unpaired) electrons. The van der Waals surface area contributed by atoms with Crippen LogP contribution in [-0.4, -0.2) is 43.0 Å². The molecule has 0 spiro atoms. The molecule has 1 aromatic rings. The van der Waals surface area contributed by atoms with Gasteiger partial charge in [0.25, 0.3) is 0 Å². The Bertz CT molecular complexity index is 384. The van der Waals surface area contributed by atoms with Crippen molar-refractivity contribution in [2.45, 2.75) is 12.8 Å². The number of hydrogen-bond acceptors (Lipinski definition) is 4. The number of benzene rings is 1. The molecule has 0 aromatic heterocycles. The molecule has 17 heavy (non-hydrogen) atoms. The largest absolute Gasteiger partial charge is 0.454 e. The predicted molar refractivity (Wildman–Crippen MR) is 63.5 cm³/mol. The van der Waals surface area contributed by atoms with E-state index in [-0.39, 0.29) is 6.61 Å². The van der Waals surface area contributed by atoms with E-state index in [2.05, 4.69) is 17.0 Å². The minimum atomic E-state index is 0.235. The summed E-state index contributed by atoms with van der Waals surface area (Å²) in [6, 6.07) is 4.22. The predicted octanol–water partition coefficient (Wildman–Crippen LogP) is 0.808. The van der Waals surface area contributed by atoms with Crippen LogP contribution in [0, 0.1) is 0 Å². The van der Waals surface area contributed by atoms with Crippen molar-refractivity contribution < 1.29 is 14.6 Å². The first-order valence-corrected chi connectivity index (χ1v) is 6.11. The minimum Gasteiger partial charge on any atom is -0.454 e. The first kappa shape index (κ1) is 10.9. The second-order valence-corrected chi connectivity index (χ2v) is 4.54. The highest BCUT2D eigenvalue weighted by Gasteiger charge is 2.20. The van der Waals surface area contributed by atoms with Crippen molar-refractivity contribution in [3.63, 3.8) is 0 Å². The van der Waals surface area contributed by atoms with Gasteiger partial charge in [-0.3, -0.25) is 0 Å². The Balaban J connectivity index is 1.82. The number of aliphatic hydroxyl groups is 1. The highest BCUT2D eigenvalue weighted by Crippen LogP contribution is 2.35. The standard InChI is InChI=1S/C13H17NO3/c15-6-5-14-3-1-10-7-12-13(17-9-16-12)8-11(10)2-4-14/h7-8,15H,1-6,9H2. The highest BCUT2D eigenvalue weighted by molar-refractivity contribution is 5.49. The van der Waals surface area contributed by atoms with Gasteiger partial charge in [-0.15, -0.1) is 0 Å². The van der Waals surface area contributed by atoms with Gasteiger partial charge < -0.3 is 19.5 Å². The third kappa shape index (κ3) is 2.10. The molecule has 2 aliphatic rings. The van der Waals surface area contributed by atoms with Gasteiger partial charge in [0.2, 0.25) is 6.79 Å². The van der Waals surface area contributed by atoms with Gasteiger partial charge in [0.05, 0.1) is 6.61 Å². The molecule has 0 aliphatic carbocycles. The zero-order valence-electron chi connectivity index (χ0n) is 9.82.